The fraction of sp³-hybridized carbons (Fsp3) is 1.00. The van der Waals surface area contributed by atoms with Gasteiger partial charge in [-0.25, -0.2) is 0 Å². The molecule has 0 amide bonds. The third-order valence-corrected chi connectivity index (χ3v) is 4.87. The fourth-order valence-electron chi connectivity index (χ4n) is 3.54. The zero-order chi connectivity index (χ0) is 12.5. The number of hydrogen-bond donors (Lipinski definition) is 1. The Morgan fingerprint density at radius 1 is 1.12 bits per heavy atom. The van der Waals surface area contributed by atoms with E-state index in [-0.39, 0.29) is 11.1 Å². The quantitative estimate of drug-likeness (QED) is 0.816. The van der Waals surface area contributed by atoms with Gasteiger partial charge in [-0.05, 0) is 64.7 Å². The first-order valence-corrected chi connectivity index (χ1v) is 7.39. The van der Waals surface area contributed by atoms with E-state index in [1.54, 1.807) is 0 Å². The van der Waals surface area contributed by atoms with Gasteiger partial charge in [0.1, 0.15) is 0 Å². The summed E-state index contributed by atoms with van der Waals surface area (Å²) in [4.78, 5) is 0. The van der Waals surface area contributed by atoms with Crippen LogP contribution in [0.3, 0.4) is 0 Å². The maximum absolute atomic E-state index is 6.56. The molecular weight excluding hydrogens is 210 g/mol. The predicted octanol–water partition coefficient (Wildman–Crippen LogP) is 3.63. The van der Waals surface area contributed by atoms with Gasteiger partial charge in [-0.2, -0.15) is 0 Å². The molecule has 0 aromatic carbocycles. The van der Waals surface area contributed by atoms with Crippen molar-refractivity contribution in [2.45, 2.75) is 89.4 Å². The molecule has 0 spiro atoms. The summed E-state index contributed by atoms with van der Waals surface area (Å²) in [7, 11) is 0. The van der Waals surface area contributed by atoms with E-state index in [0.29, 0.717) is 6.10 Å². The van der Waals surface area contributed by atoms with Crippen molar-refractivity contribution in [1.82, 2.24) is 0 Å². The number of rotatable bonds is 3. The molecule has 1 unspecified atom stereocenters. The van der Waals surface area contributed by atoms with Crippen LogP contribution in [0.2, 0.25) is 0 Å². The molecule has 1 saturated carbocycles. The summed E-state index contributed by atoms with van der Waals surface area (Å²) in [6.07, 6.45) is 10.2. The number of nitrogens with two attached hydrogens (primary N) is 1. The highest BCUT2D eigenvalue weighted by Gasteiger charge is 2.38. The van der Waals surface area contributed by atoms with Crippen molar-refractivity contribution in [2.75, 3.05) is 0 Å². The van der Waals surface area contributed by atoms with E-state index in [0.717, 1.165) is 12.3 Å². The van der Waals surface area contributed by atoms with E-state index in [2.05, 4.69) is 20.8 Å². The number of ether oxygens (including phenoxy) is 1. The Hall–Kier alpha value is -0.0800. The van der Waals surface area contributed by atoms with Crippen LogP contribution in [0.15, 0.2) is 0 Å². The van der Waals surface area contributed by atoms with Crippen LogP contribution >= 0.6 is 0 Å². The number of hydrogen-bond acceptors (Lipinski definition) is 2. The molecule has 2 N–H and O–H groups in total. The van der Waals surface area contributed by atoms with Gasteiger partial charge in [-0.15, -0.1) is 0 Å². The molecule has 0 aromatic rings. The molecule has 2 heteroatoms. The lowest BCUT2D eigenvalue weighted by Gasteiger charge is -2.38. The Balaban J connectivity index is 1.83. The minimum absolute atomic E-state index is 0.0662. The van der Waals surface area contributed by atoms with Gasteiger partial charge < -0.3 is 10.5 Å². The molecule has 2 fully saturated rings. The molecule has 2 aliphatic rings. The lowest BCUT2D eigenvalue weighted by atomic mass is 9.73. The topological polar surface area (TPSA) is 35.2 Å². The van der Waals surface area contributed by atoms with Crippen LogP contribution in [0.5, 0.6) is 0 Å². The Bertz CT molecular complexity index is 254. The third kappa shape index (κ3) is 3.45. The van der Waals surface area contributed by atoms with Crippen molar-refractivity contribution in [3.63, 3.8) is 0 Å². The smallest absolute Gasteiger partial charge is 0.0631 e. The molecular formula is C15H29NO. The molecule has 2 rings (SSSR count). The van der Waals surface area contributed by atoms with Gasteiger partial charge in [0.05, 0.1) is 11.7 Å². The summed E-state index contributed by atoms with van der Waals surface area (Å²) in [6, 6.07) is 0. The molecule has 2 nitrogen and oxygen atoms in total. The minimum Gasteiger partial charge on any atom is -0.372 e. The van der Waals surface area contributed by atoms with Crippen molar-refractivity contribution < 1.29 is 4.74 Å². The second-order valence-corrected chi connectivity index (χ2v) is 6.96. The molecule has 100 valence electrons. The van der Waals surface area contributed by atoms with Crippen molar-refractivity contribution >= 4 is 0 Å². The maximum Gasteiger partial charge on any atom is 0.0631 e. The van der Waals surface area contributed by atoms with E-state index >= 15 is 0 Å². The first kappa shape index (κ1) is 13.4. The SMILES string of the molecule is CCC1CCC(N)(CC2CCC(C)(C)O2)CC1. The maximum atomic E-state index is 6.56. The highest BCUT2D eigenvalue weighted by atomic mass is 16.5. The van der Waals surface area contributed by atoms with E-state index in [1.165, 1.54) is 44.9 Å². The van der Waals surface area contributed by atoms with Gasteiger partial charge in [0.25, 0.3) is 0 Å². The molecule has 0 radical (unpaired) electrons. The summed E-state index contributed by atoms with van der Waals surface area (Å²) in [5.74, 6) is 0.924. The highest BCUT2D eigenvalue weighted by Crippen LogP contribution is 2.39. The van der Waals surface area contributed by atoms with E-state index < -0.39 is 0 Å². The standard InChI is InChI=1S/C15H29NO/c1-4-12-5-9-15(16,10-6-12)11-13-7-8-14(2,3)17-13/h12-13H,4-11,16H2,1-3H3. The molecule has 17 heavy (non-hydrogen) atoms. The van der Waals surface area contributed by atoms with Gasteiger partial charge in [-0.1, -0.05) is 13.3 Å². The zero-order valence-electron chi connectivity index (χ0n) is 11.8. The molecule has 1 heterocycles. The average Bonchev–Trinajstić information content (AvgIpc) is 2.58. The van der Waals surface area contributed by atoms with Crippen molar-refractivity contribution in [2.24, 2.45) is 11.7 Å². The lowest BCUT2D eigenvalue weighted by molar-refractivity contribution is -0.0305. The van der Waals surface area contributed by atoms with Crippen molar-refractivity contribution in [3.8, 4) is 0 Å². The highest BCUT2D eigenvalue weighted by molar-refractivity contribution is 4.94. The summed E-state index contributed by atoms with van der Waals surface area (Å²) in [6.45, 7) is 6.70. The Morgan fingerprint density at radius 2 is 1.76 bits per heavy atom. The van der Waals surface area contributed by atoms with Gasteiger partial charge >= 0.3 is 0 Å². The largest absolute Gasteiger partial charge is 0.372 e. The van der Waals surface area contributed by atoms with Gasteiger partial charge in [0.2, 0.25) is 0 Å². The first-order valence-electron chi connectivity index (χ1n) is 7.39. The van der Waals surface area contributed by atoms with Crippen LogP contribution in [0.25, 0.3) is 0 Å². The van der Waals surface area contributed by atoms with E-state index in [1.807, 2.05) is 0 Å². The van der Waals surface area contributed by atoms with Crippen molar-refractivity contribution in [1.29, 1.82) is 0 Å². The van der Waals surface area contributed by atoms with Crippen LogP contribution in [0, 0.1) is 5.92 Å². The van der Waals surface area contributed by atoms with Crippen LogP contribution in [0.4, 0.5) is 0 Å². The zero-order valence-corrected chi connectivity index (χ0v) is 11.8. The van der Waals surface area contributed by atoms with Crippen LogP contribution in [0.1, 0.15) is 72.1 Å². The average molecular weight is 239 g/mol. The van der Waals surface area contributed by atoms with Gasteiger partial charge in [0, 0.05) is 5.54 Å². The van der Waals surface area contributed by atoms with Crippen LogP contribution in [-0.4, -0.2) is 17.2 Å². The normalized spacial score (nSPS) is 41.6. The molecule has 0 bridgehead atoms. The summed E-state index contributed by atoms with van der Waals surface area (Å²) in [5.41, 5.74) is 6.72. The van der Waals surface area contributed by atoms with E-state index in [9.17, 15) is 0 Å². The van der Waals surface area contributed by atoms with Gasteiger partial charge in [-0.3, -0.25) is 0 Å². The second-order valence-electron chi connectivity index (χ2n) is 6.96. The predicted molar refractivity (Wildman–Crippen MR) is 72.0 cm³/mol. The molecule has 1 atom stereocenters. The molecule has 0 aromatic heterocycles. The van der Waals surface area contributed by atoms with Crippen LogP contribution in [-0.2, 0) is 4.74 Å². The molecule has 1 aliphatic carbocycles. The molecule has 1 aliphatic heterocycles. The third-order valence-electron chi connectivity index (χ3n) is 4.87. The Kier molecular flexibility index (Phi) is 3.84. The monoisotopic (exact) mass is 239 g/mol. The van der Waals surface area contributed by atoms with E-state index in [4.69, 9.17) is 10.5 Å². The minimum atomic E-state index is 0.0662. The van der Waals surface area contributed by atoms with Crippen molar-refractivity contribution in [3.05, 3.63) is 0 Å². The summed E-state index contributed by atoms with van der Waals surface area (Å²) in [5, 5.41) is 0. The van der Waals surface area contributed by atoms with Crippen LogP contribution < -0.4 is 5.73 Å². The summed E-state index contributed by atoms with van der Waals surface area (Å²) < 4.78 is 6.09. The Labute approximate surface area is 106 Å². The lowest BCUT2D eigenvalue weighted by Crippen LogP contribution is -2.46. The fourth-order valence-corrected chi connectivity index (χ4v) is 3.54. The Morgan fingerprint density at radius 3 is 2.24 bits per heavy atom. The second kappa shape index (κ2) is 4.89. The molecule has 1 saturated heterocycles. The van der Waals surface area contributed by atoms with Gasteiger partial charge in [0.15, 0.2) is 0 Å². The summed E-state index contributed by atoms with van der Waals surface area (Å²) >= 11 is 0. The first-order chi connectivity index (χ1) is 7.92.